The van der Waals surface area contributed by atoms with E-state index in [4.69, 9.17) is 0 Å². The molecule has 2 amide bonds. The van der Waals surface area contributed by atoms with E-state index in [1.807, 2.05) is 0 Å². The molecule has 0 radical (unpaired) electrons. The Labute approximate surface area is 158 Å². The summed E-state index contributed by atoms with van der Waals surface area (Å²) >= 11 is 0. The van der Waals surface area contributed by atoms with Crippen molar-refractivity contribution in [3.8, 4) is 0 Å². The van der Waals surface area contributed by atoms with Gasteiger partial charge in [0.1, 0.15) is 0 Å². The minimum atomic E-state index is -0.757. The summed E-state index contributed by atoms with van der Waals surface area (Å²) < 4.78 is 0. The second kappa shape index (κ2) is 8.49. The Morgan fingerprint density at radius 3 is 2.15 bits per heavy atom. The summed E-state index contributed by atoms with van der Waals surface area (Å²) in [5.41, 5.74) is 2.68. The first-order valence-electron chi connectivity index (χ1n) is 9.01. The molecule has 1 saturated heterocycles. The number of ketones is 1. The lowest BCUT2D eigenvalue weighted by molar-refractivity contribution is -0.132. The fraction of sp³-hybridized carbons (Fsp3) is 0.286. The van der Waals surface area contributed by atoms with E-state index in [-0.39, 0.29) is 12.5 Å². The molecular formula is C21H23N3O3. The maximum Gasteiger partial charge on any atom is 0.292 e. The van der Waals surface area contributed by atoms with Gasteiger partial charge in [-0.1, -0.05) is 48.0 Å². The number of hydrogen-bond acceptors (Lipinski definition) is 4. The number of rotatable bonds is 5. The van der Waals surface area contributed by atoms with E-state index >= 15 is 0 Å². The zero-order valence-corrected chi connectivity index (χ0v) is 15.4. The normalized spacial score (nSPS) is 14.0. The Balaban J connectivity index is 1.46. The monoisotopic (exact) mass is 365 g/mol. The molecule has 140 valence electrons. The average Bonchev–Trinajstić information content (AvgIpc) is 2.72. The van der Waals surface area contributed by atoms with Crippen LogP contribution in [0.5, 0.6) is 0 Å². The van der Waals surface area contributed by atoms with Gasteiger partial charge in [-0.2, -0.15) is 0 Å². The minimum absolute atomic E-state index is 0.165. The lowest BCUT2D eigenvalue weighted by atomic mass is 10.1. The van der Waals surface area contributed by atoms with Crippen LogP contribution in [0.25, 0.3) is 0 Å². The summed E-state index contributed by atoms with van der Waals surface area (Å²) in [5, 5.41) is 2.43. The van der Waals surface area contributed by atoms with E-state index in [0.717, 1.165) is 18.8 Å². The molecule has 1 fully saturated rings. The molecule has 27 heavy (non-hydrogen) atoms. The molecule has 1 aliphatic rings. The molecule has 2 aromatic rings. The van der Waals surface area contributed by atoms with Crippen LogP contribution in [0.4, 0.5) is 5.69 Å². The van der Waals surface area contributed by atoms with Gasteiger partial charge < -0.3 is 15.1 Å². The lowest BCUT2D eigenvalue weighted by Crippen LogP contribution is -2.51. The van der Waals surface area contributed by atoms with Gasteiger partial charge in [-0.3, -0.25) is 14.4 Å². The summed E-state index contributed by atoms with van der Waals surface area (Å²) in [6.07, 6.45) is 0. The highest BCUT2D eigenvalue weighted by Crippen LogP contribution is 2.17. The van der Waals surface area contributed by atoms with Crippen LogP contribution in [0.1, 0.15) is 15.9 Å². The fourth-order valence-corrected chi connectivity index (χ4v) is 3.04. The zero-order valence-electron chi connectivity index (χ0n) is 15.4. The Hall–Kier alpha value is -3.15. The second-order valence-corrected chi connectivity index (χ2v) is 6.58. The number of Topliss-reactive ketones (excluding diaryl/α,β-unsaturated/α-hetero) is 1. The van der Waals surface area contributed by atoms with Gasteiger partial charge >= 0.3 is 0 Å². The highest BCUT2D eigenvalue weighted by molar-refractivity contribution is 6.43. The van der Waals surface area contributed by atoms with Crippen molar-refractivity contribution in [3.05, 3.63) is 65.7 Å². The van der Waals surface area contributed by atoms with Crippen LogP contribution in [0.15, 0.2) is 54.6 Å². The first-order valence-corrected chi connectivity index (χ1v) is 9.01. The molecule has 6 nitrogen and oxygen atoms in total. The van der Waals surface area contributed by atoms with E-state index in [1.54, 1.807) is 35.2 Å². The van der Waals surface area contributed by atoms with Crippen LogP contribution < -0.4 is 10.2 Å². The average molecular weight is 365 g/mol. The number of nitrogens with one attached hydrogen (secondary N) is 1. The predicted molar refractivity (Wildman–Crippen MR) is 104 cm³/mol. The number of piperazine rings is 1. The largest absolute Gasteiger partial charge is 0.368 e. The van der Waals surface area contributed by atoms with Gasteiger partial charge in [0.05, 0.1) is 6.54 Å². The molecule has 1 N–H and O–H groups in total. The van der Waals surface area contributed by atoms with E-state index in [9.17, 15) is 14.4 Å². The van der Waals surface area contributed by atoms with Crippen LogP contribution in [-0.2, 0) is 9.59 Å². The van der Waals surface area contributed by atoms with E-state index in [0.29, 0.717) is 18.7 Å². The van der Waals surface area contributed by atoms with Gasteiger partial charge in [-0.15, -0.1) is 0 Å². The topological polar surface area (TPSA) is 69.7 Å². The Bertz CT molecular complexity index is 810. The van der Waals surface area contributed by atoms with Crippen molar-refractivity contribution in [3.63, 3.8) is 0 Å². The second-order valence-electron chi connectivity index (χ2n) is 6.58. The highest BCUT2D eigenvalue weighted by atomic mass is 16.2. The maximum atomic E-state index is 12.3. The van der Waals surface area contributed by atoms with E-state index < -0.39 is 11.7 Å². The molecule has 0 bridgehead atoms. The molecule has 0 saturated carbocycles. The van der Waals surface area contributed by atoms with Crippen molar-refractivity contribution in [2.24, 2.45) is 0 Å². The van der Waals surface area contributed by atoms with Crippen molar-refractivity contribution in [2.75, 3.05) is 37.6 Å². The number of anilines is 1. The smallest absolute Gasteiger partial charge is 0.292 e. The van der Waals surface area contributed by atoms with Crippen molar-refractivity contribution >= 4 is 23.3 Å². The molecule has 0 spiro atoms. The molecule has 0 aliphatic carbocycles. The summed E-state index contributed by atoms with van der Waals surface area (Å²) in [7, 11) is 0. The Morgan fingerprint density at radius 2 is 1.52 bits per heavy atom. The molecule has 0 unspecified atom stereocenters. The van der Waals surface area contributed by atoms with Crippen LogP contribution in [0, 0.1) is 6.92 Å². The Morgan fingerprint density at radius 1 is 0.889 bits per heavy atom. The Kier molecular flexibility index (Phi) is 5.86. The van der Waals surface area contributed by atoms with Crippen LogP contribution >= 0.6 is 0 Å². The SMILES string of the molecule is Cc1ccc(N2CCN(C(=O)CNC(=O)C(=O)c3ccccc3)CC2)cc1. The number of hydrogen-bond donors (Lipinski definition) is 1. The van der Waals surface area contributed by atoms with Gasteiger partial charge in [-0.25, -0.2) is 0 Å². The number of benzene rings is 2. The fourth-order valence-electron chi connectivity index (χ4n) is 3.04. The number of amides is 2. The molecule has 2 aromatic carbocycles. The van der Waals surface area contributed by atoms with Crippen LogP contribution in [0.2, 0.25) is 0 Å². The maximum absolute atomic E-state index is 12.3. The van der Waals surface area contributed by atoms with Gasteiger partial charge in [0, 0.05) is 37.4 Å². The highest BCUT2D eigenvalue weighted by Gasteiger charge is 2.23. The van der Waals surface area contributed by atoms with Gasteiger partial charge in [0.25, 0.3) is 5.91 Å². The number of aryl methyl sites for hydroxylation is 1. The zero-order chi connectivity index (χ0) is 19.2. The first-order chi connectivity index (χ1) is 13.0. The molecule has 3 rings (SSSR count). The third-order valence-electron chi connectivity index (χ3n) is 4.67. The predicted octanol–water partition coefficient (Wildman–Crippen LogP) is 1.64. The van der Waals surface area contributed by atoms with E-state index in [2.05, 4.69) is 41.4 Å². The van der Waals surface area contributed by atoms with Crippen molar-refractivity contribution in [1.82, 2.24) is 10.2 Å². The number of carbonyl (C=O) groups excluding carboxylic acids is 3. The molecular weight excluding hydrogens is 342 g/mol. The van der Waals surface area contributed by atoms with Crippen molar-refractivity contribution < 1.29 is 14.4 Å². The van der Waals surface area contributed by atoms with Crippen LogP contribution in [0.3, 0.4) is 0 Å². The van der Waals surface area contributed by atoms with Gasteiger partial charge in [0.15, 0.2) is 0 Å². The number of nitrogens with zero attached hydrogens (tertiary/aromatic N) is 2. The molecule has 6 heteroatoms. The van der Waals surface area contributed by atoms with Gasteiger partial charge in [-0.05, 0) is 19.1 Å². The summed E-state index contributed by atoms with van der Waals surface area (Å²) in [6, 6.07) is 16.6. The third-order valence-corrected chi connectivity index (χ3v) is 4.67. The first kappa shape index (κ1) is 18.6. The molecule has 0 atom stereocenters. The minimum Gasteiger partial charge on any atom is -0.368 e. The summed E-state index contributed by atoms with van der Waals surface area (Å²) in [5.74, 6) is -1.56. The quantitative estimate of drug-likeness (QED) is 0.646. The lowest BCUT2D eigenvalue weighted by Gasteiger charge is -2.36. The van der Waals surface area contributed by atoms with Crippen LogP contribution in [-0.4, -0.2) is 55.2 Å². The van der Waals surface area contributed by atoms with Crippen molar-refractivity contribution in [2.45, 2.75) is 6.92 Å². The summed E-state index contributed by atoms with van der Waals surface area (Å²) in [6.45, 7) is 4.56. The van der Waals surface area contributed by atoms with Crippen molar-refractivity contribution in [1.29, 1.82) is 0 Å². The third kappa shape index (κ3) is 4.73. The van der Waals surface area contributed by atoms with E-state index in [1.165, 1.54) is 5.56 Å². The summed E-state index contributed by atoms with van der Waals surface area (Å²) in [4.78, 5) is 40.3. The molecule has 1 heterocycles. The standard InChI is InChI=1S/C21H23N3O3/c1-16-7-9-18(10-8-16)23-11-13-24(14-12-23)19(25)15-22-21(27)20(26)17-5-3-2-4-6-17/h2-10H,11-15H2,1H3,(H,22,27). The van der Waals surface area contributed by atoms with Gasteiger partial charge in [0.2, 0.25) is 11.7 Å². The molecule has 0 aromatic heterocycles. The molecule has 1 aliphatic heterocycles. The number of carbonyl (C=O) groups is 3.